The van der Waals surface area contributed by atoms with Crippen LogP contribution in [0.15, 0.2) is 66.9 Å². The second kappa shape index (κ2) is 8.29. The average molecular weight is 386 g/mol. The minimum Gasteiger partial charge on any atom is -0.437 e. The van der Waals surface area contributed by atoms with E-state index in [4.69, 9.17) is 16.3 Å². The Labute approximate surface area is 159 Å². The Kier molecular flexibility index (Phi) is 5.63. The second-order valence-corrected chi connectivity index (χ2v) is 5.72. The highest BCUT2D eigenvalue weighted by molar-refractivity contribution is 6.31. The van der Waals surface area contributed by atoms with Crippen LogP contribution < -0.4 is 15.4 Å². The van der Waals surface area contributed by atoms with E-state index in [9.17, 15) is 14.0 Å². The van der Waals surface area contributed by atoms with Crippen LogP contribution in [0.4, 0.5) is 14.9 Å². The van der Waals surface area contributed by atoms with Crippen LogP contribution in [0.25, 0.3) is 0 Å². The minimum atomic E-state index is -0.857. The molecule has 3 rings (SSSR count). The molecule has 6 nitrogen and oxygen atoms in total. The van der Waals surface area contributed by atoms with Crippen LogP contribution in [0.5, 0.6) is 11.6 Å². The van der Waals surface area contributed by atoms with Gasteiger partial charge in [0.1, 0.15) is 16.6 Å². The van der Waals surface area contributed by atoms with E-state index in [1.165, 1.54) is 18.3 Å². The van der Waals surface area contributed by atoms with Crippen LogP contribution in [-0.2, 0) is 0 Å². The van der Waals surface area contributed by atoms with Gasteiger partial charge in [0.2, 0.25) is 5.88 Å². The summed E-state index contributed by atoms with van der Waals surface area (Å²) >= 11 is 5.93. The molecule has 0 bridgehead atoms. The lowest BCUT2D eigenvalue weighted by atomic mass is 10.2. The van der Waals surface area contributed by atoms with Crippen LogP contribution in [0.2, 0.25) is 5.02 Å². The Bertz CT molecular complexity index is 983. The molecule has 2 aromatic carbocycles. The van der Waals surface area contributed by atoms with E-state index >= 15 is 0 Å². The third kappa shape index (κ3) is 4.80. The van der Waals surface area contributed by atoms with E-state index in [2.05, 4.69) is 15.6 Å². The molecule has 0 aliphatic rings. The number of ether oxygens (including phenoxy) is 1. The molecule has 27 heavy (non-hydrogen) atoms. The first-order chi connectivity index (χ1) is 13.0. The number of anilines is 1. The number of pyridine rings is 1. The number of imide groups is 1. The zero-order chi connectivity index (χ0) is 19.2. The number of benzene rings is 2. The van der Waals surface area contributed by atoms with Crippen molar-refractivity contribution in [1.82, 2.24) is 10.3 Å². The first-order valence-electron chi connectivity index (χ1n) is 7.78. The fraction of sp³-hybridized carbons (Fsp3) is 0. The fourth-order valence-electron chi connectivity index (χ4n) is 2.14. The SMILES string of the molecule is O=C(NC(=O)c1ccccc1)Nc1ccc(Oc2ncccc2Cl)cc1F. The molecule has 0 saturated heterocycles. The lowest BCUT2D eigenvalue weighted by molar-refractivity contribution is 0.0967. The van der Waals surface area contributed by atoms with Gasteiger partial charge in [0, 0.05) is 17.8 Å². The third-order valence-corrected chi connectivity index (χ3v) is 3.68. The molecule has 8 heteroatoms. The van der Waals surface area contributed by atoms with Crippen LogP contribution in [0.1, 0.15) is 10.4 Å². The maximum atomic E-state index is 14.2. The number of hydrogen-bond acceptors (Lipinski definition) is 4. The quantitative estimate of drug-likeness (QED) is 0.686. The first-order valence-corrected chi connectivity index (χ1v) is 8.16. The van der Waals surface area contributed by atoms with Crippen molar-refractivity contribution < 1.29 is 18.7 Å². The van der Waals surface area contributed by atoms with Gasteiger partial charge < -0.3 is 10.1 Å². The summed E-state index contributed by atoms with van der Waals surface area (Å²) < 4.78 is 19.6. The number of nitrogens with one attached hydrogen (secondary N) is 2. The molecule has 0 saturated carbocycles. The lowest BCUT2D eigenvalue weighted by Crippen LogP contribution is -2.34. The molecule has 0 aliphatic carbocycles. The van der Waals surface area contributed by atoms with E-state index in [1.807, 2.05) is 0 Å². The number of carbonyl (C=O) groups is 2. The van der Waals surface area contributed by atoms with Gasteiger partial charge in [-0.3, -0.25) is 10.1 Å². The predicted molar refractivity (Wildman–Crippen MR) is 98.6 cm³/mol. The van der Waals surface area contributed by atoms with Crippen molar-refractivity contribution in [2.24, 2.45) is 0 Å². The Morgan fingerprint density at radius 1 is 1.04 bits per heavy atom. The summed E-state index contributed by atoms with van der Waals surface area (Å²) in [6, 6.07) is 14.4. The number of halogens is 2. The topological polar surface area (TPSA) is 80.3 Å². The monoisotopic (exact) mass is 385 g/mol. The molecule has 3 aromatic rings. The summed E-state index contributed by atoms with van der Waals surface area (Å²) in [4.78, 5) is 27.8. The van der Waals surface area contributed by atoms with Crippen molar-refractivity contribution in [3.05, 3.63) is 83.3 Å². The molecule has 3 amide bonds. The Balaban J connectivity index is 1.64. The molecule has 0 fully saturated rings. The van der Waals surface area contributed by atoms with Crippen molar-refractivity contribution in [3.63, 3.8) is 0 Å². The molecule has 0 radical (unpaired) electrons. The second-order valence-electron chi connectivity index (χ2n) is 5.31. The van der Waals surface area contributed by atoms with E-state index < -0.39 is 17.8 Å². The summed E-state index contributed by atoms with van der Waals surface area (Å²) in [6.45, 7) is 0. The highest BCUT2D eigenvalue weighted by Crippen LogP contribution is 2.28. The van der Waals surface area contributed by atoms with Crippen LogP contribution in [0, 0.1) is 5.82 Å². The fourth-order valence-corrected chi connectivity index (χ4v) is 2.30. The zero-order valence-electron chi connectivity index (χ0n) is 13.8. The molecule has 1 heterocycles. The molecule has 0 spiro atoms. The highest BCUT2D eigenvalue weighted by atomic mass is 35.5. The molecule has 0 unspecified atom stereocenters. The van der Waals surface area contributed by atoms with E-state index in [1.54, 1.807) is 42.5 Å². The summed E-state index contributed by atoms with van der Waals surface area (Å²) in [5.74, 6) is -1.06. The standard InChI is InChI=1S/C19H13ClFN3O3/c20-14-7-4-10-22-18(14)27-13-8-9-16(15(21)11-13)23-19(26)24-17(25)12-5-2-1-3-6-12/h1-11H,(H2,23,24,25,26). The van der Waals surface area contributed by atoms with Crippen LogP contribution in [-0.4, -0.2) is 16.9 Å². The number of hydrogen-bond donors (Lipinski definition) is 2. The Hall–Kier alpha value is -3.45. The van der Waals surface area contributed by atoms with Gasteiger partial charge in [-0.1, -0.05) is 29.8 Å². The number of amides is 3. The number of rotatable bonds is 4. The van der Waals surface area contributed by atoms with Gasteiger partial charge in [-0.2, -0.15) is 0 Å². The molecular weight excluding hydrogens is 373 g/mol. The van der Waals surface area contributed by atoms with Gasteiger partial charge in [-0.05, 0) is 36.4 Å². The Morgan fingerprint density at radius 2 is 1.81 bits per heavy atom. The molecule has 1 aromatic heterocycles. The number of carbonyl (C=O) groups excluding carboxylic acids is 2. The van der Waals surface area contributed by atoms with Gasteiger partial charge in [0.15, 0.2) is 0 Å². The van der Waals surface area contributed by atoms with Gasteiger partial charge >= 0.3 is 6.03 Å². The van der Waals surface area contributed by atoms with Crippen LogP contribution in [0.3, 0.4) is 0 Å². The summed E-state index contributed by atoms with van der Waals surface area (Å²) in [5.41, 5.74) is 0.192. The van der Waals surface area contributed by atoms with Crippen molar-refractivity contribution >= 4 is 29.2 Å². The van der Waals surface area contributed by atoms with Crippen molar-refractivity contribution in [2.45, 2.75) is 0 Å². The van der Waals surface area contributed by atoms with E-state index in [0.717, 1.165) is 6.07 Å². The van der Waals surface area contributed by atoms with Gasteiger partial charge in [-0.15, -0.1) is 0 Å². The zero-order valence-corrected chi connectivity index (χ0v) is 14.5. The smallest absolute Gasteiger partial charge is 0.326 e. The molecule has 136 valence electrons. The van der Waals surface area contributed by atoms with E-state index in [-0.39, 0.29) is 22.3 Å². The first kappa shape index (κ1) is 18.3. The number of aromatic nitrogens is 1. The predicted octanol–water partition coefficient (Wildman–Crippen LogP) is 4.63. The normalized spacial score (nSPS) is 10.1. The molecular formula is C19H13ClFN3O3. The largest absolute Gasteiger partial charge is 0.437 e. The third-order valence-electron chi connectivity index (χ3n) is 3.39. The van der Waals surface area contributed by atoms with E-state index in [0.29, 0.717) is 5.56 Å². The summed E-state index contributed by atoms with van der Waals surface area (Å²) in [7, 11) is 0. The van der Waals surface area contributed by atoms with Gasteiger partial charge in [0.05, 0.1) is 5.69 Å². The maximum absolute atomic E-state index is 14.2. The number of urea groups is 1. The van der Waals surface area contributed by atoms with Crippen LogP contribution >= 0.6 is 11.6 Å². The van der Waals surface area contributed by atoms with Crippen molar-refractivity contribution in [1.29, 1.82) is 0 Å². The summed E-state index contributed by atoms with van der Waals surface area (Å²) in [5, 5.41) is 4.67. The summed E-state index contributed by atoms with van der Waals surface area (Å²) in [6.07, 6.45) is 1.49. The van der Waals surface area contributed by atoms with Crippen molar-refractivity contribution in [3.8, 4) is 11.6 Å². The number of nitrogens with zero attached hydrogens (tertiary/aromatic N) is 1. The maximum Gasteiger partial charge on any atom is 0.326 e. The Morgan fingerprint density at radius 3 is 2.52 bits per heavy atom. The van der Waals surface area contributed by atoms with Crippen molar-refractivity contribution in [2.75, 3.05) is 5.32 Å². The molecule has 0 atom stereocenters. The molecule has 2 N–H and O–H groups in total. The molecule has 0 aliphatic heterocycles. The highest BCUT2D eigenvalue weighted by Gasteiger charge is 2.13. The average Bonchev–Trinajstić information content (AvgIpc) is 2.66. The minimum absolute atomic E-state index is 0.118. The van der Waals surface area contributed by atoms with Gasteiger partial charge in [0.25, 0.3) is 5.91 Å². The van der Waals surface area contributed by atoms with Gasteiger partial charge in [-0.25, -0.2) is 14.2 Å². The lowest BCUT2D eigenvalue weighted by Gasteiger charge is -2.10.